The predicted molar refractivity (Wildman–Crippen MR) is 130 cm³/mol. The Kier molecular flexibility index (Phi) is 6.73. The average Bonchev–Trinajstić information content (AvgIpc) is 2.86. The minimum atomic E-state index is -2.70. The zero-order valence-corrected chi connectivity index (χ0v) is 20.2. The molecule has 1 aliphatic heterocycles. The number of rotatable bonds is 5. The van der Waals surface area contributed by atoms with Crippen LogP contribution in [0.3, 0.4) is 0 Å². The second-order valence-electron chi connectivity index (χ2n) is 7.67. The molecule has 0 saturated carbocycles. The number of allylic oxidation sites excluding steroid dienone is 3. The number of hydrogen-bond donors (Lipinski definition) is 2. The minimum absolute atomic E-state index is 0. The van der Waals surface area contributed by atoms with Gasteiger partial charge in [-0.3, -0.25) is 10.2 Å². The lowest BCUT2D eigenvalue weighted by Crippen LogP contribution is -3.00. The van der Waals surface area contributed by atoms with Gasteiger partial charge in [0, 0.05) is 11.8 Å². The van der Waals surface area contributed by atoms with Crippen molar-refractivity contribution in [2.75, 3.05) is 0 Å². The van der Waals surface area contributed by atoms with E-state index in [4.69, 9.17) is 0 Å². The number of nitrogens with one attached hydrogen (secondary N) is 2. The summed E-state index contributed by atoms with van der Waals surface area (Å²) in [5, 5.41) is 2.99. The Balaban J connectivity index is 0.00000259. The molecule has 33 heavy (non-hydrogen) atoms. The lowest BCUT2D eigenvalue weighted by Gasteiger charge is -2.27. The van der Waals surface area contributed by atoms with E-state index in [2.05, 4.69) is 10.9 Å². The highest BCUT2D eigenvalue weighted by Crippen LogP contribution is 2.58. The van der Waals surface area contributed by atoms with Gasteiger partial charge in [-0.25, -0.2) is 4.79 Å². The Labute approximate surface area is 204 Å². The van der Waals surface area contributed by atoms with Gasteiger partial charge in [0.15, 0.2) is 7.26 Å². The van der Waals surface area contributed by atoms with Gasteiger partial charge in [0.05, 0.1) is 5.57 Å². The zero-order chi connectivity index (χ0) is 22.0. The van der Waals surface area contributed by atoms with E-state index in [1.54, 1.807) is 12.3 Å². The summed E-state index contributed by atoms with van der Waals surface area (Å²) in [5.41, 5.74) is 7.45. The highest BCUT2D eigenvalue weighted by molar-refractivity contribution is 8.08. The first-order valence-corrected chi connectivity index (χ1v) is 12.3. The molecule has 0 aromatic heterocycles. The Hall–Kier alpha value is -3.27. The highest BCUT2D eigenvalue weighted by atomic mass is 79.9. The van der Waals surface area contributed by atoms with E-state index in [-0.39, 0.29) is 28.4 Å². The number of benzene rings is 3. The van der Waals surface area contributed by atoms with E-state index in [1.807, 2.05) is 97.1 Å². The standard InChI is InChI=1S/C27H21N2O2P.BrH/c30-26-25-18-20(16-17-21(25)19-28-29-26)27(31)32(22-10-4-1-5-11-22,23-12-6-2-7-13-23)24-14-8-3-9-15-24;/h1-16,18-19,28H,17H2;1H. The third-order valence-electron chi connectivity index (χ3n) is 5.85. The summed E-state index contributed by atoms with van der Waals surface area (Å²) in [6.07, 6.45) is 6.00. The van der Waals surface area contributed by atoms with E-state index < -0.39 is 7.26 Å². The molecule has 2 aliphatic rings. The van der Waals surface area contributed by atoms with Crippen molar-refractivity contribution in [3.8, 4) is 0 Å². The lowest BCUT2D eigenvalue weighted by molar-refractivity contribution is -0.118. The molecule has 2 N–H and O–H groups in total. The number of hydrogen-bond acceptors (Lipinski definition) is 3. The van der Waals surface area contributed by atoms with Gasteiger partial charge < -0.3 is 22.4 Å². The van der Waals surface area contributed by atoms with Crippen molar-refractivity contribution < 1.29 is 26.6 Å². The van der Waals surface area contributed by atoms with Crippen molar-refractivity contribution in [2.24, 2.45) is 0 Å². The van der Waals surface area contributed by atoms with E-state index >= 15 is 0 Å². The summed E-state index contributed by atoms with van der Waals surface area (Å²) in [6.45, 7) is 0. The molecule has 0 unspecified atom stereocenters. The first-order valence-electron chi connectivity index (χ1n) is 10.5. The molecule has 4 nitrogen and oxygen atoms in total. The number of carbonyl (C=O) groups excluding carboxylic acids is 2. The van der Waals surface area contributed by atoms with Gasteiger partial charge in [0.2, 0.25) is 0 Å². The molecule has 5 rings (SSSR count). The maximum atomic E-state index is 14.6. The van der Waals surface area contributed by atoms with Crippen molar-refractivity contribution in [3.05, 3.63) is 126 Å². The summed E-state index contributed by atoms with van der Waals surface area (Å²) in [4.78, 5) is 27.0. The molecule has 0 atom stereocenters. The van der Waals surface area contributed by atoms with Crippen LogP contribution in [0, 0.1) is 0 Å². The van der Waals surface area contributed by atoms with Gasteiger partial charge in [-0.2, -0.15) is 0 Å². The molecular weight excluding hydrogens is 495 g/mol. The van der Waals surface area contributed by atoms with Crippen LogP contribution in [0.4, 0.5) is 0 Å². The van der Waals surface area contributed by atoms with E-state index in [1.165, 1.54) is 0 Å². The maximum Gasteiger partial charge on any atom is 0.313 e. The van der Waals surface area contributed by atoms with Crippen LogP contribution in [0.2, 0.25) is 0 Å². The molecule has 0 fully saturated rings. The van der Waals surface area contributed by atoms with Crippen molar-refractivity contribution in [1.29, 1.82) is 0 Å². The fourth-order valence-electron chi connectivity index (χ4n) is 4.34. The van der Waals surface area contributed by atoms with Crippen molar-refractivity contribution in [1.82, 2.24) is 10.9 Å². The van der Waals surface area contributed by atoms with E-state index in [0.717, 1.165) is 21.5 Å². The topological polar surface area (TPSA) is 58.2 Å². The lowest BCUT2D eigenvalue weighted by atomic mass is 9.94. The van der Waals surface area contributed by atoms with E-state index in [0.29, 0.717) is 17.6 Å². The molecule has 1 aliphatic carbocycles. The van der Waals surface area contributed by atoms with Crippen LogP contribution in [0.1, 0.15) is 6.42 Å². The fourth-order valence-corrected chi connectivity index (χ4v) is 8.34. The van der Waals surface area contributed by atoms with Gasteiger partial charge in [0.1, 0.15) is 15.9 Å². The van der Waals surface area contributed by atoms with Crippen LogP contribution in [0.15, 0.2) is 126 Å². The number of amides is 1. The number of halogens is 1. The fraction of sp³-hybridized carbons (Fsp3) is 0.0370. The van der Waals surface area contributed by atoms with Crippen molar-refractivity contribution >= 4 is 34.6 Å². The molecule has 6 heteroatoms. The Morgan fingerprint density at radius 2 is 1.24 bits per heavy atom. The van der Waals surface area contributed by atoms with Gasteiger partial charge in [-0.1, -0.05) is 60.7 Å². The van der Waals surface area contributed by atoms with Gasteiger partial charge in [-0.15, -0.1) is 0 Å². The third kappa shape index (κ3) is 3.99. The molecule has 0 saturated heterocycles. The first kappa shape index (κ1) is 22.9. The second-order valence-corrected chi connectivity index (χ2v) is 11.0. The summed E-state index contributed by atoms with van der Waals surface area (Å²) in [7, 11) is -2.70. The van der Waals surface area contributed by atoms with Crippen LogP contribution in [-0.2, 0) is 9.59 Å². The van der Waals surface area contributed by atoms with Crippen LogP contribution in [0.25, 0.3) is 0 Å². The van der Waals surface area contributed by atoms with Gasteiger partial charge >= 0.3 is 5.52 Å². The van der Waals surface area contributed by atoms with Crippen LogP contribution >= 0.6 is 7.26 Å². The molecule has 164 valence electrons. The quantitative estimate of drug-likeness (QED) is 0.479. The average molecular weight is 517 g/mol. The number of carbonyl (C=O) groups is 2. The van der Waals surface area contributed by atoms with Crippen molar-refractivity contribution in [3.63, 3.8) is 0 Å². The largest absolute Gasteiger partial charge is 1.00 e. The summed E-state index contributed by atoms with van der Waals surface area (Å²) in [5.74, 6) is -0.219. The molecular formula is C27H22BrN2O2P. The Bertz CT molecular complexity index is 1170. The normalized spacial score (nSPS) is 14.9. The van der Waals surface area contributed by atoms with E-state index in [9.17, 15) is 9.59 Å². The number of fused-ring (bicyclic) bond motifs is 1. The SMILES string of the molecule is O=C1NNC=C2CC=C(C(=O)[P+](c3ccccc3)(c3ccccc3)c3ccccc3)C=C12.[Br-]. The molecule has 1 amide bonds. The Morgan fingerprint density at radius 3 is 1.73 bits per heavy atom. The second kappa shape index (κ2) is 9.70. The van der Waals surface area contributed by atoms with Gasteiger partial charge in [-0.05, 0) is 54.5 Å². The Morgan fingerprint density at radius 1 is 0.758 bits per heavy atom. The summed E-state index contributed by atoms with van der Waals surface area (Å²) in [6, 6.07) is 30.1. The monoisotopic (exact) mass is 516 g/mol. The molecule has 0 spiro atoms. The minimum Gasteiger partial charge on any atom is -1.00 e. The van der Waals surface area contributed by atoms with Crippen LogP contribution in [0.5, 0.6) is 0 Å². The molecule has 3 aromatic carbocycles. The zero-order valence-electron chi connectivity index (χ0n) is 17.7. The number of hydrazine groups is 1. The highest BCUT2D eigenvalue weighted by Gasteiger charge is 2.54. The molecule has 3 aromatic rings. The van der Waals surface area contributed by atoms with Crippen LogP contribution < -0.4 is 43.7 Å². The molecule has 1 heterocycles. The smallest absolute Gasteiger partial charge is 0.313 e. The first-order chi connectivity index (χ1) is 15.7. The van der Waals surface area contributed by atoms with Crippen molar-refractivity contribution in [2.45, 2.75) is 6.42 Å². The predicted octanol–water partition coefficient (Wildman–Crippen LogP) is 0.286. The molecule has 0 radical (unpaired) electrons. The van der Waals surface area contributed by atoms with Crippen LogP contribution in [-0.4, -0.2) is 11.4 Å². The summed E-state index contributed by atoms with van der Waals surface area (Å²) >= 11 is 0. The van der Waals surface area contributed by atoms with Gasteiger partial charge in [0.25, 0.3) is 5.91 Å². The molecule has 0 bridgehead atoms. The summed E-state index contributed by atoms with van der Waals surface area (Å²) < 4.78 is 0. The third-order valence-corrected chi connectivity index (χ3v) is 9.93. The maximum absolute atomic E-state index is 14.6.